The quantitative estimate of drug-likeness (QED) is 0.0664. The number of hydrogen-bond donors (Lipinski definition) is 0. The number of allylic oxidation sites excluding steroid dienone is 5. The second-order valence-electron chi connectivity index (χ2n) is 11.5. The zero-order valence-corrected chi connectivity index (χ0v) is 30.8. The van der Waals surface area contributed by atoms with Gasteiger partial charge >= 0.3 is 0 Å². The van der Waals surface area contributed by atoms with Gasteiger partial charge in [-0.05, 0) is 77.9 Å². The van der Waals surface area contributed by atoms with E-state index in [4.69, 9.17) is 0 Å². The van der Waals surface area contributed by atoms with E-state index in [-0.39, 0.29) is 10.2 Å². The number of aliphatic imine (C=N–C) groups is 1. The van der Waals surface area contributed by atoms with Gasteiger partial charge in [-0.3, -0.25) is 14.6 Å². The van der Waals surface area contributed by atoms with Crippen LogP contribution in [0.5, 0.6) is 0 Å². The number of anilines is 2. The SMILES string of the molecule is CN=CC=CC=CC=Cc1ccc(N(C)CCSC(=O)c2ccc(C(=O)SCCN(C)c3ccc(C=Cc4cccc[n+]4C)cc3)cc2)cc1. The average molecular weight is 702 g/mol. The number of pyridine rings is 1. The lowest BCUT2D eigenvalue weighted by molar-refractivity contribution is -0.673. The Balaban J connectivity index is 1.15. The molecule has 0 N–H and O–H groups in total. The van der Waals surface area contributed by atoms with E-state index in [2.05, 4.69) is 92.2 Å². The predicted molar refractivity (Wildman–Crippen MR) is 218 cm³/mol. The Bertz CT molecular complexity index is 1830. The molecule has 6 nitrogen and oxygen atoms in total. The van der Waals surface area contributed by atoms with Gasteiger partial charge in [0, 0.05) is 92.7 Å². The normalized spacial score (nSPS) is 11.8. The lowest BCUT2D eigenvalue weighted by Gasteiger charge is -2.19. The molecule has 0 fully saturated rings. The van der Waals surface area contributed by atoms with Crippen molar-refractivity contribution >= 4 is 69.6 Å². The van der Waals surface area contributed by atoms with Gasteiger partial charge in [0.05, 0.1) is 0 Å². The molecule has 3 aromatic carbocycles. The molecule has 0 saturated carbocycles. The molecule has 0 aliphatic heterocycles. The molecule has 0 saturated heterocycles. The summed E-state index contributed by atoms with van der Waals surface area (Å²) in [6, 6.07) is 29.9. The number of carbonyl (C=O) groups excluding carboxylic acids is 2. The Labute approximate surface area is 305 Å². The molecule has 0 atom stereocenters. The summed E-state index contributed by atoms with van der Waals surface area (Å²) < 4.78 is 2.08. The van der Waals surface area contributed by atoms with Gasteiger partial charge < -0.3 is 9.80 Å². The number of aromatic nitrogens is 1. The third-order valence-electron chi connectivity index (χ3n) is 7.85. The van der Waals surface area contributed by atoms with Crippen LogP contribution >= 0.6 is 23.5 Å². The highest BCUT2D eigenvalue weighted by Gasteiger charge is 2.12. The van der Waals surface area contributed by atoms with E-state index >= 15 is 0 Å². The summed E-state index contributed by atoms with van der Waals surface area (Å²) in [5.41, 5.74) is 6.79. The van der Waals surface area contributed by atoms with E-state index in [1.807, 2.05) is 69.9 Å². The molecule has 0 amide bonds. The zero-order chi connectivity index (χ0) is 35.6. The number of rotatable bonds is 16. The number of benzene rings is 3. The fraction of sp³-hybridized carbons (Fsp3) is 0.190. The number of carbonyl (C=O) groups is 2. The Morgan fingerprint density at radius 3 is 1.66 bits per heavy atom. The van der Waals surface area contributed by atoms with Crippen LogP contribution in [0.4, 0.5) is 11.4 Å². The van der Waals surface area contributed by atoms with Gasteiger partial charge in [-0.15, -0.1) is 0 Å². The first kappa shape index (κ1) is 37.9. The molecule has 8 heteroatoms. The van der Waals surface area contributed by atoms with Crippen LogP contribution in [0, 0.1) is 0 Å². The second-order valence-corrected chi connectivity index (χ2v) is 13.6. The molecule has 1 heterocycles. The van der Waals surface area contributed by atoms with Crippen LogP contribution in [0.3, 0.4) is 0 Å². The van der Waals surface area contributed by atoms with E-state index in [0.29, 0.717) is 22.6 Å². The lowest BCUT2D eigenvalue weighted by Crippen LogP contribution is -2.30. The Morgan fingerprint density at radius 2 is 1.14 bits per heavy atom. The second kappa shape index (κ2) is 20.6. The van der Waals surface area contributed by atoms with Crippen molar-refractivity contribution in [2.24, 2.45) is 12.0 Å². The Hall–Kier alpha value is -4.92. The van der Waals surface area contributed by atoms with Crippen LogP contribution in [-0.4, -0.2) is 62.2 Å². The van der Waals surface area contributed by atoms with Crippen molar-refractivity contribution < 1.29 is 14.2 Å². The summed E-state index contributed by atoms with van der Waals surface area (Å²) in [5.74, 6) is 1.32. The van der Waals surface area contributed by atoms with Crippen molar-refractivity contribution in [2.75, 3.05) is 55.5 Å². The topological polar surface area (TPSA) is 56.9 Å². The molecule has 0 radical (unpaired) electrons. The van der Waals surface area contributed by atoms with Gasteiger partial charge in [0.2, 0.25) is 15.9 Å². The molecular formula is C42H45N4O2S2+. The Kier molecular flexibility index (Phi) is 15.6. The van der Waals surface area contributed by atoms with Gasteiger partial charge in [-0.25, -0.2) is 4.57 Å². The zero-order valence-electron chi connectivity index (χ0n) is 29.2. The fourth-order valence-corrected chi connectivity index (χ4v) is 6.49. The van der Waals surface area contributed by atoms with Crippen molar-refractivity contribution in [1.82, 2.24) is 0 Å². The number of hydrogen-bond acceptors (Lipinski definition) is 7. The number of nitrogens with zero attached hydrogens (tertiary/aromatic N) is 4. The summed E-state index contributed by atoms with van der Waals surface area (Å²) in [7, 11) is 7.84. The Morgan fingerprint density at radius 1 is 0.640 bits per heavy atom. The summed E-state index contributed by atoms with van der Waals surface area (Å²) in [4.78, 5) is 33.9. The van der Waals surface area contributed by atoms with Crippen molar-refractivity contribution in [1.29, 1.82) is 0 Å². The first-order valence-corrected chi connectivity index (χ1v) is 18.4. The molecule has 50 heavy (non-hydrogen) atoms. The smallest absolute Gasteiger partial charge is 0.219 e. The summed E-state index contributed by atoms with van der Waals surface area (Å²) >= 11 is 2.59. The molecule has 0 unspecified atom stereocenters. The van der Waals surface area contributed by atoms with E-state index in [1.54, 1.807) is 37.5 Å². The van der Waals surface area contributed by atoms with E-state index in [1.165, 1.54) is 23.5 Å². The van der Waals surface area contributed by atoms with Crippen LogP contribution in [0.15, 0.2) is 133 Å². The summed E-state index contributed by atoms with van der Waals surface area (Å²) in [5, 5.41) is 0.0156. The summed E-state index contributed by atoms with van der Waals surface area (Å²) in [6.07, 6.45) is 19.8. The minimum atomic E-state index is 0.00705. The molecule has 1 aromatic heterocycles. The molecule has 4 rings (SSSR count). The lowest BCUT2D eigenvalue weighted by atomic mass is 10.1. The van der Waals surface area contributed by atoms with E-state index in [9.17, 15) is 9.59 Å². The van der Waals surface area contributed by atoms with Gasteiger partial charge in [-0.1, -0.05) is 78.2 Å². The average Bonchev–Trinajstić information content (AvgIpc) is 3.14. The highest BCUT2D eigenvalue weighted by Crippen LogP contribution is 2.21. The maximum Gasteiger partial charge on any atom is 0.219 e. The van der Waals surface area contributed by atoms with Crippen molar-refractivity contribution in [2.45, 2.75) is 0 Å². The third-order valence-corrected chi connectivity index (χ3v) is 9.62. The largest absolute Gasteiger partial charge is 0.374 e. The van der Waals surface area contributed by atoms with Gasteiger partial charge in [0.15, 0.2) is 6.20 Å². The fourth-order valence-electron chi connectivity index (χ4n) is 4.78. The molecule has 4 aromatic rings. The molecule has 0 aliphatic rings. The van der Waals surface area contributed by atoms with E-state index < -0.39 is 0 Å². The van der Waals surface area contributed by atoms with Gasteiger partial charge in [0.1, 0.15) is 7.05 Å². The molecule has 0 bridgehead atoms. The van der Waals surface area contributed by atoms with Crippen LogP contribution in [0.2, 0.25) is 0 Å². The van der Waals surface area contributed by atoms with Crippen LogP contribution < -0.4 is 14.4 Å². The third kappa shape index (κ3) is 12.5. The minimum absolute atomic E-state index is 0.00705. The molecular weight excluding hydrogens is 657 g/mol. The van der Waals surface area contributed by atoms with Crippen molar-refractivity contribution in [3.8, 4) is 0 Å². The van der Waals surface area contributed by atoms with Crippen molar-refractivity contribution in [3.05, 3.63) is 156 Å². The minimum Gasteiger partial charge on any atom is -0.374 e. The van der Waals surface area contributed by atoms with Crippen molar-refractivity contribution in [3.63, 3.8) is 0 Å². The first-order valence-electron chi connectivity index (χ1n) is 16.5. The van der Waals surface area contributed by atoms with Gasteiger partial charge in [-0.2, -0.15) is 0 Å². The highest BCUT2D eigenvalue weighted by atomic mass is 32.2. The monoisotopic (exact) mass is 701 g/mol. The molecule has 256 valence electrons. The van der Waals surface area contributed by atoms with Crippen LogP contribution in [-0.2, 0) is 7.05 Å². The van der Waals surface area contributed by atoms with Gasteiger partial charge in [0.25, 0.3) is 0 Å². The first-order chi connectivity index (χ1) is 24.3. The number of thioether (sulfide) groups is 2. The molecule has 0 aliphatic carbocycles. The predicted octanol–water partition coefficient (Wildman–Crippen LogP) is 8.53. The van der Waals surface area contributed by atoms with Crippen LogP contribution in [0.25, 0.3) is 18.2 Å². The molecule has 0 spiro atoms. The maximum absolute atomic E-state index is 12.8. The highest BCUT2D eigenvalue weighted by molar-refractivity contribution is 8.14. The van der Waals surface area contributed by atoms with Crippen LogP contribution in [0.1, 0.15) is 37.5 Å². The van der Waals surface area contributed by atoms with E-state index in [0.717, 1.165) is 41.3 Å². The maximum atomic E-state index is 12.8. The summed E-state index contributed by atoms with van der Waals surface area (Å²) in [6.45, 7) is 1.47. The number of aryl methyl sites for hydroxylation is 1. The standard InChI is InChI=1S/C42H45N4O2S2/c1-43-28-10-7-5-6-8-12-34-14-24-39(25-15-34)45(3)30-32-49-41(47)36-19-21-37(22-20-36)42(48)50-33-31-46(4)40-26-17-35(18-27-40)16-23-38-13-9-11-29-44(38)2/h5-29H,30-33H2,1-4H3/q+1.